The number of hydrogen-bond donors (Lipinski definition) is 3. The third-order valence-corrected chi connectivity index (χ3v) is 3.73. The fourth-order valence-electron chi connectivity index (χ4n) is 2.32. The number of benzene rings is 1. The zero-order valence-corrected chi connectivity index (χ0v) is 14.9. The van der Waals surface area contributed by atoms with E-state index < -0.39 is 6.03 Å². The molecule has 2 heterocycles. The molecule has 0 radical (unpaired) electrons. The van der Waals surface area contributed by atoms with Crippen molar-refractivity contribution in [1.82, 2.24) is 10.1 Å². The van der Waals surface area contributed by atoms with E-state index in [4.69, 9.17) is 10.3 Å². The maximum absolute atomic E-state index is 12.2. The number of carbonyl (C=O) groups excluding carboxylic acids is 1. The third kappa shape index (κ3) is 4.18. The van der Waals surface area contributed by atoms with Gasteiger partial charge in [0, 0.05) is 28.9 Å². The predicted molar refractivity (Wildman–Crippen MR) is 102 cm³/mol. The maximum atomic E-state index is 12.2. The van der Waals surface area contributed by atoms with Gasteiger partial charge in [0.05, 0.1) is 0 Å². The van der Waals surface area contributed by atoms with Crippen LogP contribution in [0.25, 0.3) is 11.1 Å². The minimum absolute atomic E-state index is 0.176. The van der Waals surface area contributed by atoms with E-state index in [1.54, 1.807) is 24.4 Å². The molecular weight excluding hydrogens is 330 g/mol. The van der Waals surface area contributed by atoms with Crippen LogP contribution in [0.3, 0.4) is 0 Å². The first kappa shape index (κ1) is 17.5. The van der Waals surface area contributed by atoms with Gasteiger partial charge in [-0.1, -0.05) is 38.1 Å². The van der Waals surface area contributed by atoms with Gasteiger partial charge in [0.2, 0.25) is 0 Å². The number of urea groups is 1. The van der Waals surface area contributed by atoms with E-state index in [-0.39, 0.29) is 5.41 Å². The van der Waals surface area contributed by atoms with Crippen LogP contribution in [0.5, 0.6) is 0 Å². The molecule has 0 unspecified atom stereocenters. The number of nitrogens with one attached hydrogen (secondary N) is 2. The van der Waals surface area contributed by atoms with Gasteiger partial charge in [-0.3, -0.25) is 5.32 Å². The molecule has 26 heavy (non-hydrogen) atoms. The summed E-state index contributed by atoms with van der Waals surface area (Å²) in [4.78, 5) is 16.3. The molecule has 134 valence electrons. The summed E-state index contributed by atoms with van der Waals surface area (Å²) in [6.07, 6.45) is 1.69. The Kier molecular flexibility index (Phi) is 4.62. The predicted octanol–water partition coefficient (Wildman–Crippen LogP) is 4.26. The molecule has 3 rings (SSSR count). The van der Waals surface area contributed by atoms with Crippen LogP contribution in [0.15, 0.2) is 53.2 Å². The first-order valence-corrected chi connectivity index (χ1v) is 8.18. The number of anilines is 3. The SMILES string of the molecule is CC(C)(C)c1cc(NC(=O)Nc2cccc(-c3ccc(N)nc3)c2)no1. The molecular formula is C19H21N5O2. The molecule has 3 aromatic rings. The Hall–Kier alpha value is -3.35. The molecule has 1 aromatic carbocycles. The fraction of sp³-hybridized carbons (Fsp3) is 0.211. The number of rotatable bonds is 3. The van der Waals surface area contributed by atoms with Gasteiger partial charge in [0.25, 0.3) is 0 Å². The summed E-state index contributed by atoms with van der Waals surface area (Å²) in [6.45, 7) is 6.03. The summed E-state index contributed by atoms with van der Waals surface area (Å²) in [6, 6.07) is 12.4. The summed E-state index contributed by atoms with van der Waals surface area (Å²) in [5, 5.41) is 9.32. The van der Waals surface area contributed by atoms with Gasteiger partial charge in [0.1, 0.15) is 11.6 Å². The van der Waals surface area contributed by atoms with Gasteiger partial charge in [-0.15, -0.1) is 0 Å². The standard InChI is InChI=1S/C19H21N5O2/c1-19(2,3)15-10-17(24-26-15)23-18(25)22-14-6-4-5-12(9-14)13-7-8-16(20)21-11-13/h4-11H,1-3H3,(H2,20,21)(H2,22,23,24,25). The van der Waals surface area contributed by atoms with Gasteiger partial charge in [-0.25, -0.2) is 9.78 Å². The van der Waals surface area contributed by atoms with E-state index in [1.165, 1.54) is 0 Å². The van der Waals surface area contributed by atoms with Crippen LogP contribution in [-0.4, -0.2) is 16.2 Å². The highest BCUT2D eigenvalue weighted by Crippen LogP contribution is 2.25. The number of nitrogens with zero attached hydrogens (tertiary/aromatic N) is 2. The molecule has 0 aliphatic carbocycles. The molecule has 0 aliphatic heterocycles. The highest BCUT2D eigenvalue weighted by atomic mass is 16.5. The van der Waals surface area contributed by atoms with Crippen LogP contribution < -0.4 is 16.4 Å². The third-order valence-electron chi connectivity index (χ3n) is 3.73. The van der Waals surface area contributed by atoms with Crippen molar-refractivity contribution < 1.29 is 9.32 Å². The Morgan fingerprint density at radius 1 is 1.08 bits per heavy atom. The number of hydrogen-bond acceptors (Lipinski definition) is 5. The average Bonchev–Trinajstić information content (AvgIpc) is 3.04. The molecule has 4 N–H and O–H groups in total. The molecule has 7 nitrogen and oxygen atoms in total. The van der Waals surface area contributed by atoms with Gasteiger partial charge in [0.15, 0.2) is 5.82 Å². The normalized spacial score (nSPS) is 11.2. The number of carbonyl (C=O) groups is 1. The van der Waals surface area contributed by atoms with Crippen molar-refractivity contribution in [3.8, 4) is 11.1 Å². The Balaban J connectivity index is 1.69. The highest BCUT2D eigenvalue weighted by Gasteiger charge is 2.20. The highest BCUT2D eigenvalue weighted by molar-refractivity contribution is 5.99. The smallest absolute Gasteiger partial charge is 0.324 e. The van der Waals surface area contributed by atoms with Crippen LogP contribution in [0.4, 0.5) is 22.1 Å². The molecule has 2 aromatic heterocycles. The molecule has 2 amide bonds. The summed E-state index contributed by atoms with van der Waals surface area (Å²) < 4.78 is 5.26. The van der Waals surface area contributed by atoms with E-state index in [0.717, 1.165) is 11.1 Å². The van der Waals surface area contributed by atoms with E-state index in [2.05, 4.69) is 20.8 Å². The van der Waals surface area contributed by atoms with Crippen molar-refractivity contribution in [1.29, 1.82) is 0 Å². The lowest BCUT2D eigenvalue weighted by atomic mass is 9.93. The number of nitrogens with two attached hydrogens (primary N) is 1. The first-order chi connectivity index (χ1) is 12.3. The summed E-state index contributed by atoms with van der Waals surface area (Å²) >= 11 is 0. The number of aromatic nitrogens is 2. The van der Waals surface area contributed by atoms with Crippen LogP contribution in [-0.2, 0) is 5.41 Å². The molecule has 0 saturated heterocycles. The van der Waals surface area contributed by atoms with E-state index in [1.807, 2.05) is 45.0 Å². The zero-order chi connectivity index (χ0) is 18.7. The average molecular weight is 351 g/mol. The van der Waals surface area contributed by atoms with Crippen LogP contribution in [0.1, 0.15) is 26.5 Å². The minimum Gasteiger partial charge on any atom is -0.384 e. The second-order valence-electron chi connectivity index (χ2n) is 6.96. The second-order valence-corrected chi connectivity index (χ2v) is 6.96. The van der Waals surface area contributed by atoms with Crippen molar-refractivity contribution in [2.75, 3.05) is 16.4 Å². The Morgan fingerprint density at radius 2 is 1.88 bits per heavy atom. The molecule has 0 saturated carbocycles. The number of pyridine rings is 1. The molecule has 0 bridgehead atoms. The number of nitrogen functional groups attached to an aromatic ring is 1. The fourth-order valence-corrected chi connectivity index (χ4v) is 2.32. The topological polar surface area (TPSA) is 106 Å². The van der Waals surface area contributed by atoms with Crippen LogP contribution >= 0.6 is 0 Å². The van der Waals surface area contributed by atoms with Gasteiger partial charge in [-0.05, 0) is 29.8 Å². The van der Waals surface area contributed by atoms with E-state index in [0.29, 0.717) is 23.1 Å². The number of amides is 2. The molecule has 0 fully saturated rings. The van der Waals surface area contributed by atoms with Crippen LogP contribution in [0.2, 0.25) is 0 Å². The van der Waals surface area contributed by atoms with Crippen molar-refractivity contribution in [2.45, 2.75) is 26.2 Å². The quantitative estimate of drug-likeness (QED) is 0.654. The summed E-state index contributed by atoms with van der Waals surface area (Å²) in [7, 11) is 0. The van der Waals surface area contributed by atoms with E-state index >= 15 is 0 Å². The zero-order valence-electron chi connectivity index (χ0n) is 14.9. The Morgan fingerprint density at radius 3 is 2.54 bits per heavy atom. The Bertz CT molecular complexity index is 910. The molecule has 7 heteroatoms. The Labute approximate surface area is 151 Å². The van der Waals surface area contributed by atoms with Gasteiger partial charge in [-0.2, -0.15) is 0 Å². The van der Waals surface area contributed by atoms with Crippen molar-refractivity contribution in [3.05, 3.63) is 54.4 Å². The van der Waals surface area contributed by atoms with Gasteiger partial charge >= 0.3 is 6.03 Å². The van der Waals surface area contributed by atoms with Crippen molar-refractivity contribution >= 4 is 23.4 Å². The first-order valence-electron chi connectivity index (χ1n) is 8.18. The van der Waals surface area contributed by atoms with Crippen molar-refractivity contribution in [2.24, 2.45) is 0 Å². The van der Waals surface area contributed by atoms with Gasteiger partial charge < -0.3 is 15.6 Å². The maximum Gasteiger partial charge on any atom is 0.324 e. The lowest BCUT2D eigenvalue weighted by molar-refractivity contribution is 0.262. The monoisotopic (exact) mass is 351 g/mol. The summed E-state index contributed by atoms with van der Waals surface area (Å²) in [5.74, 6) is 1.53. The van der Waals surface area contributed by atoms with E-state index in [9.17, 15) is 4.79 Å². The molecule has 0 atom stereocenters. The second kappa shape index (κ2) is 6.87. The lowest BCUT2D eigenvalue weighted by Gasteiger charge is -2.12. The summed E-state index contributed by atoms with van der Waals surface area (Å²) in [5.41, 5.74) is 7.92. The minimum atomic E-state index is -0.397. The molecule has 0 aliphatic rings. The van der Waals surface area contributed by atoms with Crippen LogP contribution in [0, 0.1) is 0 Å². The largest absolute Gasteiger partial charge is 0.384 e. The van der Waals surface area contributed by atoms with Crippen molar-refractivity contribution in [3.63, 3.8) is 0 Å². The lowest BCUT2D eigenvalue weighted by Crippen LogP contribution is -2.19. The molecule has 0 spiro atoms.